The number of nitrogens with zero attached hydrogens (tertiary/aromatic N) is 1. The number of hydrogen-bond acceptors (Lipinski definition) is 4. The Kier molecular flexibility index (Phi) is 5.92. The SMILES string of the molecule is CC(NCC(CN)C(C)C)c1cccc([N+](=O)[O-])c1. The van der Waals surface area contributed by atoms with Crippen LogP contribution in [0.2, 0.25) is 0 Å². The van der Waals surface area contributed by atoms with Crippen LogP contribution in [0.15, 0.2) is 24.3 Å². The van der Waals surface area contributed by atoms with E-state index in [0.29, 0.717) is 18.4 Å². The summed E-state index contributed by atoms with van der Waals surface area (Å²) in [5.74, 6) is 0.941. The lowest BCUT2D eigenvalue weighted by atomic mass is 9.95. The Bertz CT molecular complexity index is 421. The van der Waals surface area contributed by atoms with Crippen LogP contribution < -0.4 is 11.1 Å². The molecule has 0 aromatic heterocycles. The quantitative estimate of drug-likeness (QED) is 0.586. The van der Waals surface area contributed by atoms with Crippen LogP contribution in [-0.2, 0) is 0 Å². The summed E-state index contributed by atoms with van der Waals surface area (Å²) >= 11 is 0. The van der Waals surface area contributed by atoms with Gasteiger partial charge in [0.05, 0.1) is 4.92 Å². The minimum Gasteiger partial charge on any atom is -0.330 e. The molecule has 0 aliphatic carbocycles. The summed E-state index contributed by atoms with van der Waals surface area (Å²) in [7, 11) is 0. The number of nitrogens with two attached hydrogens (primary N) is 1. The van der Waals surface area contributed by atoms with Crippen LogP contribution in [0.1, 0.15) is 32.4 Å². The van der Waals surface area contributed by atoms with Gasteiger partial charge in [-0.15, -0.1) is 0 Å². The van der Waals surface area contributed by atoms with Crippen molar-refractivity contribution in [1.29, 1.82) is 0 Å². The molecule has 0 aliphatic heterocycles. The third kappa shape index (κ3) is 4.61. The Labute approximate surface area is 114 Å². The molecular weight excluding hydrogens is 242 g/mol. The van der Waals surface area contributed by atoms with Crippen LogP contribution in [0.3, 0.4) is 0 Å². The van der Waals surface area contributed by atoms with E-state index in [1.807, 2.05) is 13.0 Å². The molecule has 1 rings (SSSR count). The van der Waals surface area contributed by atoms with Crippen LogP contribution in [0, 0.1) is 22.0 Å². The largest absolute Gasteiger partial charge is 0.330 e. The van der Waals surface area contributed by atoms with Gasteiger partial charge in [0, 0.05) is 18.2 Å². The van der Waals surface area contributed by atoms with E-state index in [0.717, 1.165) is 12.1 Å². The average Bonchev–Trinajstić information content (AvgIpc) is 2.38. The molecule has 0 saturated heterocycles. The molecule has 2 unspecified atom stereocenters. The van der Waals surface area contributed by atoms with E-state index in [-0.39, 0.29) is 16.7 Å². The van der Waals surface area contributed by atoms with Crippen LogP contribution >= 0.6 is 0 Å². The fraction of sp³-hybridized carbons (Fsp3) is 0.571. The summed E-state index contributed by atoms with van der Waals surface area (Å²) in [6.07, 6.45) is 0. The first-order valence-corrected chi connectivity index (χ1v) is 6.63. The molecule has 0 aliphatic rings. The summed E-state index contributed by atoms with van der Waals surface area (Å²) in [5, 5.41) is 14.1. The lowest BCUT2D eigenvalue weighted by Crippen LogP contribution is -2.33. The fourth-order valence-electron chi connectivity index (χ4n) is 1.94. The maximum absolute atomic E-state index is 10.7. The zero-order valence-electron chi connectivity index (χ0n) is 11.8. The Balaban J connectivity index is 2.65. The van der Waals surface area contributed by atoms with Crippen LogP contribution in [0.4, 0.5) is 5.69 Å². The third-order valence-electron chi connectivity index (χ3n) is 3.51. The first-order chi connectivity index (χ1) is 8.95. The van der Waals surface area contributed by atoms with E-state index in [2.05, 4.69) is 19.2 Å². The second kappa shape index (κ2) is 7.21. The van der Waals surface area contributed by atoms with Crippen molar-refractivity contribution in [3.05, 3.63) is 39.9 Å². The number of non-ortho nitro benzene ring substituents is 1. The van der Waals surface area contributed by atoms with Gasteiger partial charge in [-0.25, -0.2) is 0 Å². The van der Waals surface area contributed by atoms with Crippen LogP contribution in [0.5, 0.6) is 0 Å². The minimum atomic E-state index is -0.368. The molecule has 0 bridgehead atoms. The third-order valence-corrected chi connectivity index (χ3v) is 3.51. The molecule has 0 fully saturated rings. The van der Waals surface area contributed by atoms with Crippen LogP contribution in [0.25, 0.3) is 0 Å². The van der Waals surface area contributed by atoms with Gasteiger partial charge in [0.2, 0.25) is 0 Å². The molecule has 0 radical (unpaired) electrons. The highest BCUT2D eigenvalue weighted by molar-refractivity contribution is 5.35. The van der Waals surface area contributed by atoms with Crippen LogP contribution in [-0.4, -0.2) is 18.0 Å². The molecule has 3 N–H and O–H groups in total. The highest BCUT2D eigenvalue weighted by atomic mass is 16.6. The number of benzene rings is 1. The normalized spacial score (nSPS) is 14.4. The van der Waals surface area contributed by atoms with Crippen molar-refractivity contribution in [3.8, 4) is 0 Å². The van der Waals surface area contributed by atoms with Gasteiger partial charge in [0.25, 0.3) is 5.69 Å². The summed E-state index contributed by atoms with van der Waals surface area (Å²) in [4.78, 5) is 10.4. The molecule has 5 heteroatoms. The zero-order chi connectivity index (χ0) is 14.4. The number of rotatable bonds is 7. The fourth-order valence-corrected chi connectivity index (χ4v) is 1.94. The standard InChI is InChI=1S/C14H23N3O2/c1-10(2)13(8-15)9-16-11(3)12-5-4-6-14(7-12)17(18)19/h4-7,10-11,13,16H,8-9,15H2,1-3H3. The monoisotopic (exact) mass is 265 g/mol. The average molecular weight is 265 g/mol. The van der Waals surface area contributed by atoms with Gasteiger partial charge in [0.1, 0.15) is 0 Å². The molecule has 1 aromatic rings. The maximum atomic E-state index is 10.7. The van der Waals surface area contributed by atoms with Crippen molar-refractivity contribution in [3.63, 3.8) is 0 Å². The number of nitro groups is 1. The van der Waals surface area contributed by atoms with E-state index < -0.39 is 0 Å². The summed E-state index contributed by atoms with van der Waals surface area (Å²) < 4.78 is 0. The van der Waals surface area contributed by atoms with Gasteiger partial charge in [-0.05, 0) is 37.4 Å². The molecule has 0 amide bonds. The van der Waals surface area contributed by atoms with E-state index in [9.17, 15) is 10.1 Å². The maximum Gasteiger partial charge on any atom is 0.269 e. The van der Waals surface area contributed by atoms with Gasteiger partial charge in [-0.1, -0.05) is 26.0 Å². The second-order valence-corrected chi connectivity index (χ2v) is 5.22. The van der Waals surface area contributed by atoms with E-state index in [1.165, 1.54) is 6.07 Å². The lowest BCUT2D eigenvalue weighted by molar-refractivity contribution is -0.384. The summed E-state index contributed by atoms with van der Waals surface area (Å²) in [6.45, 7) is 7.77. The van der Waals surface area contributed by atoms with Gasteiger partial charge in [0.15, 0.2) is 0 Å². The summed E-state index contributed by atoms with van der Waals surface area (Å²) in [5.41, 5.74) is 6.79. The minimum absolute atomic E-state index is 0.0766. The Morgan fingerprint density at radius 3 is 2.58 bits per heavy atom. The first kappa shape index (κ1) is 15.6. The molecule has 19 heavy (non-hydrogen) atoms. The Hall–Kier alpha value is -1.46. The lowest BCUT2D eigenvalue weighted by Gasteiger charge is -2.22. The molecule has 0 spiro atoms. The number of nitrogens with one attached hydrogen (secondary N) is 1. The molecular formula is C14H23N3O2. The van der Waals surface area contributed by atoms with Crippen molar-refractivity contribution in [2.45, 2.75) is 26.8 Å². The highest BCUT2D eigenvalue weighted by Gasteiger charge is 2.14. The predicted octanol–water partition coefficient (Wildman–Crippen LogP) is 2.48. The first-order valence-electron chi connectivity index (χ1n) is 6.63. The van der Waals surface area contributed by atoms with Gasteiger partial charge in [-0.3, -0.25) is 10.1 Å². The molecule has 5 nitrogen and oxygen atoms in total. The highest BCUT2D eigenvalue weighted by Crippen LogP contribution is 2.19. The van der Waals surface area contributed by atoms with E-state index in [4.69, 9.17) is 5.73 Å². The molecule has 0 heterocycles. The Morgan fingerprint density at radius 2 is 2.05 bits per heavy atom. The smallest absolute Gasteiger partial charge is 0.269 e. The van der Waals surface area contributed by atoms with Crippen molar-refractivity contribution < 1.29 is 4.92 Å². The Morgan fingerprint density at radius 1 is 1.37 bits per heavy atom. The van der Waals surface area contributed by atoms with Crippen molar-refractivity contribution in [2.24, 2.45) is 17.6 Å². The van der Waals surface area contributed by atoms with Gasteiger partial charge >= 0.3 is 0 Å². The molecule has 2 atom stereocenters. The number of hydrogen-bond donors (Lipinski definition) is 2. The van der Waals surface area contributed by atoms with E-state index >= 15 is 0 Å². The van der Waals surface area contributed by atoms with Crippen molar-refractivity contribution in [1.82, 2.24) is 5.32 Å². The van der Waals surface area contributed by atoms with Crippen molar-refractivity contribution >= 4 is 5.69 Å². The zero-order valence-corrected chi connectivity index (χ0v) is 11.8. The molecule has 0 saturated carbocycles. The van der Waals surface area contributed by atoms with Gasteiger partial charge in [-0.2, -0.15) is 0 Å². The van der Waals surface area contributed by atoms with Crippen molar-refractivity contribution in [2.75, 3.05) is 13.1 Å². The molecule has 106 valence electrons. The number of nitro benzene ring substituents is 1. The topological polar surface area (TPSA) is 81.2 Å². The molecule has 1 aromatic carbocycles. The summed E-state index contributed by atoms with van der Waals surface area (Å²) in [6, 6.07) is 6.82. The predicted molar refractivity (Wildman–Crippen MR) is 76.9 cm³/mol. The van der Waals surface area contributed by atoms with Gasteiger partial charge < -0.3 is 11.1 Å². The van der Waals surface area contributed by atoms with E-state index in [1.54, 1.807) is 12.1 Å². The second-order valence-electron chi connectivity index (χ2n) is 5.22.